The second kappa shape index (κ2) is 4.60. The summed E-state index contributed by atoms with van der Waals surface area (Å²) in [5, 5.41) is 2.72. The molecule has 0 radical (unpaired) electrons. The summed E-state index contributed by atoms with van der Waals surface area (Å²) in [6.07, 6.45) is 0.895. The lowest BCUT2D eigenvalue weighted by atomic mass is 10.3. The second-order valence-corrected chi connectivity index (χ2v) is 3.10. The van der Waals surface area contributed by atoms with Gasteiger partial charge in [-0.05, 0) is 18.6 Å². The van der Waals surface area contributed by atoms with Crippen molar-refractivity contribution in [1.29, 1.82) is 0 Å². The van der Waals surface area contributed by atoms with E-state index < -0.39 is 0 Å². The number of Topliss-reactive ketones (excluding diaryl/α,β-unsaturated/α-hetero) is 1. The molecule has 1 rings (SSSR count). The number of aromatic amines is 1. The van der Waals surface area contributed by atoms with Crippen LogP contribution in [-0.2, 0) is 0 Å². The highest BCUT2D eigenvalue weighted by Crippen LogP contribution is 2.02. The first-order chi connectivity index (χ1) is 6.65. The summed E-state index contributed by atoms with van der Waals surface area (Å²) in [4.78, 5) is 25.1. The molecule has 1 aromatic rings. The predicted molar refractivity (Wildman–Crippen MR) is 53.4 cm³/mol. The first kappa shape index (κ1) is 10.5. The van der Waals surface area contributed by atoms with E-state index in [1.807, 2.05) is 6.92 Å². The summed E-state index contributed by atoms with van der Waals surface area (Å²) in [5.41, 5.74) is 0.898. The molecule has 0 atom stereocenters. The predicted octanol–water partition coefficient (Wildman–Crippen LogP) is 1.36. The van der Waals surface area contributed by atoms with Gasteiger partial charge in [0.05, 0.1) is 5.69 Å². The topological polar surface area (TPSA) is 62.0 Å². The SMILES string of the molecule is CCCNC(=O)c1ccc(C(C)=O)[nH]1. The molecule has 1 amide bonds. The Morgan fingerprint density at radius 2 is 2.00 bits per heavy atom. The third-order valence-corrected chi connectivity index (χ3v) is 1.85. The Kier molecular flexibility index (Phi) is 3.45. The lowest BCUT2D eigenvalue weighted by Gasteiger charge is -1.99. The van der Waals surface area contributed by atoms with E-state index in [-0.39, 0.29) is 11.7 Å². The standard InChI is InChI=1S/C10H14N2O2/c1-3-6-11-10(14)9-5-4-8(12-9)7(2)13/h4-5,12H,3,6H2,1-2H3,(H,11,14). The minimum atomic E-state index is -0.167. The van der Waals surface area contributed by atoms with Gasteiger partial charge in [-0.1, -0.05) is 6.92 Å². The number of hydrogen-bond donors (Lipinski definition) is 2. The number of carbonyl (C=O) groups is 2. The number of H-pyrrole nitrogens is 1. The van der Waals surface area contributed by atoms with Crippen LogP contribution in [0.25, 0.3) is 0 Å². The molecule has 4 nitrogen and oxygen atoms in total. The van der Waals surface area contributed by atoms with Gasteiger partial charge in [0.15, 0.2) is 5.78 Å². The molecule has 0 aliphatic carbocycles. The minimum Gasteiger partial charge on any atom is -0.351 e. The Morgan fingerprint density at radius 1 is 1.36 bits per heavy atom. The van der Waals surface area contributed by atoms with Crippen LogP contribution in [0, 0.1) is 0 Å². The summed E-state index contributed by atoms with van der Waals surface area (Å²) in [6, 6.07) is 3.23. The van der Waals surface area contributed by atoms with Gasteiger partial charge in [0, 0.05) is 13.5 Å². The molecule has 0 saturated heterocycles. The zero-order valence-corrected chi connectivity index (χ0v) is 8.39. The fourth-order valence-electron chi connectivity index (χ4n) is 1.07. The van der Waals surface area contributed by atoms with E-state index in [4.69, 9.17) is 0 Å². The normalized spacial score (nSPS) is 9.86. The van der Waals surface area contributed by atoms with Crippen molar-refractivity contribution >= 4 is 11.7 Å². The number of rotatable bonds is 4. The molecule has 0 spiro atoms. The molecule has 0 aliphatic rings. The highest BCUT2D eigenvalue weighted by molar-refractivity contribution is 5.97. The largest absolute Gasteiger partial charge is 0.351 e. The highest BCUT2D eigenvalue weighted by Gasteiger charge is 2.08. The molecule has 4 heteroatoms. The van der Waals surface area contributed by atoms with E-state index in [0.717, 1.165) is 6.42 Å². The monoisotopic (exact) mass is 194 g/mol. The average molecular weight is 194 g/mol. The third kappa shape index (κ3) is 2.45. The Balaban J connectivity index is 2.66. The molecule has 14 heavy (non-hydrogen) atoms. The van der Waals surface area contributed by atoms with Gasteiger partial charge in [0.2, 0.25) is 0 Å². The van der Waals surface area contributed by atoms with Crippen LogP contribution in [0.5, 0.6) is 0 Å². The number of aromatic nitrogens is 1. The molecule has 0 fully saturated rings. The summed E-state index contributed by atoms with van der Waals surface area (Å²) in [5.74, 6) is -0.237. The molecular weight excluding hydrogens is 180 g/mol. The van der Waals surface area contributed by atoms with Crippen molar-refractivity contribution in [2.75, 3.05) is 6.54 Å². The van der Waals surface area contributed by atoms with Gasteiger partial charge in [-0.3, -0.25) is 9.59 Å². The van der Waals surface area contributed by atoms with Crippen LogP contribution in [0.1, 0.15) is 41.2 Å². The molecular formula is C10H14N2O2. The Bertz CT molecular complexity index is 342. The molecule has 1 aromatic heterocycles. The number of hydrogen-bond acceptors (Lipinski definition) is 2. The van der Waals surface area contributed by atoms with Crippen molar-refractivity contribution in [2.45, 2.75) is 20.3 Å². The highest BCUT2D eigenvalue weighted by atomic mass is 16.2. The van der Waals surface area contributed by atoms with Crippen LogP contribution in [0.4, 0.5) is 0 Å². The van der Waals surface area contributed by atoms with E-state index in [1.165, 1.54) is 6.92 Å². The van der Waals surface area contributed by atoms with E-state index in [9.17, 15) is 9.59 Å². The minimum absolute atomic E-state index is 0.0699. The average Bonchev–Trinajstić information content (AvgIpc) is 2.62. The van der Waals surface area contributed by atoms with E-state index in [1.54, 1.807) is 12.1 Å². The number of nitrogens with one attached hydrogen (secondary N) is 2. The van der Waals surface area contributed by atoms with Gasteiger partial charge >= 0.3 is 0 Å². The first-order valence-corrected chi connectivity index (χ1v) is 4.63. The first-order valence-electron chi connectivity index (χ1n) is 4.63. The molecule has 1 heterocycles. The molecule has 0 bridgehead atoms. The molecule has 0 saturated carbocycles. The second-order valence-electron chi connectivity index (χ2n) is 3.10. The van der Waals surface area contributed by atoms with Crippen LogP contribution in [0.3, 0.4) is 0 Å². The Hall–Kier alpha value is -1.58. The maximum Gasteiger partial charge on any atom is 0.267 e. The molecule has 0 aliphatic heterocycles. The van der Waals surface area contributed by atoms with Crippen molar-refractivity contribution in [2.24, 2.45) is 0 Å². The van der Waals surface area contributed by atoms with Crippen molar-refractivity contribution in [3.05, 3.63) is 23.5 Å². The smallest absolute Gasteiger partial charge is 0.267 e. The van der Waals surface area contributed by atoms with Gasteiger partial charge in [-0.2, -0.15) is 0 Å². The van der Waals surface area contributed by atoms with Crippen LogP contribution in [-0.4, -0.2) is 23.2 Å². The Morgan fingerprint density at radius 3 is 2.50 bits per heavy atom. The van der Waals surface area contributed by atoms with Crippen molar-refractivity contribution < 1.29 is 9.59 Å². The van der Waals surface area contributed by atoms with Crippen LogP contribution in [0.15, 0.2) is 12.1 Å². The molecule has 0 aromatic carbocycles. The summed E-state index contributed by atoms with van der Waals surface area (Å²) in [7, 11) is 0. The lowest BCUT2D eigenvalue weighted by Crippen LogP contribution is -2.24. The van der Waals surface area contributed by atoms with Gasteiger partial charge in [0.25, 0.3) is 5.91 Å². The number of amides is 1. The zero-order valence-electron chi connectivity index (χ0n) is 8.39. The van der Waals surface area contributed by atoms with Crippen molar-refractivity contribution in [3.8, 4) is 0 Å². The number of carbonyl (C=O) groups excluding carboxylic acids is 2. The molecule has 0 unspecified atom stereocenters. The molecule has 2 N–H and O–H groups in total. The Labute approximate surface area is 82.7 Å². The summed E-state index contributed by atoms with van der Waals surface area (Å²) in [6.45, 7) is 4.09. The lowest BCUT2D eigenvalue weighted by molar-refractivity contribution is 0.0949. The number of ketones is 1. The molecule has 76 valence electrons. The fourth-order valence-corrected chi connectivity index (χ4v) is 1.07. The fraction of sp³-hybridized carbons (Fsp3) is 0.400. The maximum absolute atomic E-state index is 11.4. The van der Waals surface area contributed by atoms with Crippen molar-refractivity contribution in [3.63, 3.8) is 0 Å². The maximum atomic E-state index is 11.4. The van der Waals surface area contributed by atoms with Gasteiger partial charge in [-0.25, -0.2) is 0 Å². The van der Waals surface area contributed by atoms with Crippen LogP contribution in [0.2, 0.25) is 0 Å². The third-order valence-electron chi connectivity index (χ3n) is 1.85. The summed E-state index contributed by atoms with van der Waals surface area (Å²) >= 11 is 0. The van der Waals surface area contributed by atoms with Gasteiger partial charge in [0.1, 0.15) is 5.69 Å². The van der Waals surface area contributed by atoms with E-state index >= 15 is 0 Å². The summed E-state index contributed by atoms with van der Waals surface area (Å²) < 4.78 is 0. The van der Waals surface area contributed by atoms with Gasteiger partial charge in [-0.15, -0.1) is 0 Å². The van der Waals surface area contributed by atoms with Gasteiger partial charge < -0.3 is 10.3 Å². The van der Waals surface area contributed by atoms with Crippen molar-refractivity contribution in [1.82, 2.24) is 10.3 Å². The zero-order chi connectivity index (χ0) is 10.6. The van der Waals surface area contributed by atoms with E-state index in [0.29, 0.717) is 17.9 Å². The van der Waals surface area contributed by atoms with Crippen LogP contribution < -0.4 is 5.32 Å². The van der Waals surface area contributed by atoms with E-state index in [2.05, 4.69) is 10.3 Å². The quantitative estimate of drug-likeness (QED) is 0.711. The van der Waals surface area contributed by atoms with Crippen LogP contribution >= 0.6 is 0 Å².